The Morgan fingerprint density at radius 3 is 2.24 bits per heavy atom. The van der Waals surface area contributed by atoms with Crippen molar-refractivity contribution in [2.75, 3.05) is 6.61 Å². The van der Waals surface area contributed by atoms with Crippen molar-refractivity contribution >= 4 is 11.6 Å². The van der Waals surface area contributed by atoms with Gasteiger partial charge in [0.05, 0.1) is 18.3 Å². The molecule has 13 heteroatoms. The Labute approximate surface area is 325 Å². The first-order valence-electron chi connectivity index (χ1n) is 20.2. The third kappa shape index (κ3) is 6.75. The molecule has 6 aliphatic rings. The molecule has 2 heterocycles. The highest BCUT2D eigenvalue weighted by molar-refractivity contribution is 5.94. The minimum absolute atomic E-state index is 0.0736. The van der Waals surface area contributed by atoms with Gasteiger partial charge in [0.2, 0.25) is 0 Å². The Bertz CT molecular complexity index is 1540. The fraction of sp³-hybridized carbons (Fsp3) is 0.857. The number of aliphatic hydroxyl groups is 7. The number of fused-ring (bicyclic) bond motifs is 5. The largest absolute Gasteiger partial charge is 0.394 e. The van der Waals surface area contributed by atoms with Crippen LogP contribution in [0.3, 0.4) is 0 Å². The van der Waals surface area contributed by atoms with Crippen LogP contribution in [0.5, 0.6) is 0 Å². The van der Waals surface area contributed by atoms with Gasteiger partial charge in [0.15, 0.2) is 18.4 Å². The lowest BCUT2D eigenvalue weighted by atomic mass is 9.38. The fourth-order valence-corrected chi connectivity index (χ4v) is 12.0. The first-order valence-corrected chi connectivity index (χ1v) is 20.2. The summed E-state index contributed by atoms with van der Waals surface area (Å²) < 4.78 is 23.9. The molecule has 13 nitrogen and oxygen atoms in total. The minimum Gasteiger partial charge on any atom is -0.394 e. The molecule has 55 heavy (non-hydrogen) atoms. The third-order valence-corrected chi connectivity index (χ3v) is 15.6. The maximum absolute atomic E-state index is 14.9. The van der Waals surface area contributed by atoms with Gasteiger partial charge in [0, 0.05) is 17.3 Å². The molecule has 3 saturated carbocycles. The molecular formula is C42H66O13. The van der Waals surface area contributed by atoms with Gasteiger partial charge in [-0.1, -0.05) is 44.1 Å². The number of rotatable bonds is 9. The van der Waals surface area contributed by atoms with Gasteiger partial charge in [-0.25, -0.2) is 0 Å². The number of ketones is 2. The highest BCUT2D eigenvalue weighted by Gasteiger charge is 2.72. The molecule has 7 N–H and O–H groups in total. The fourth-order valence-electron chi connectivity index (χ4n) is 12.0. The number of carbonyl (C=O) groups excluding carboxylic acids is 2. The zero-order valence-corrected chi connectivity index (χ0v) is 34.0. The molecule has 312 valence electrons. The number of Topliss-reactive ketones (excluding diaryl/α,β-unsaturated/α-hetero) is 2. The van der Waals surface area contributed by atoms with Crippen LogP contribution >= 0.6 is 0 Å². The van der Waals surface area contributed by atoms with Crippen molar-refractivity contribution in [2.45, 2.75) is 180 Å². The molecule has 0 amide bonds. The van der Waals surface area contributed by atoms with Crippen LogP contribution in [0.15, 0.2) is 23.3 Å². The molecular weight excluding hydrogens is 712 g/mol. The lowest BCUT2D eigenvalue weighted by molar-refractivity contribution is -0.368. The molecule has 18 atom stereocenters. The summed E-state index contributed by atoms with van der Waals surface area (Å²) in [6.07, 6.45) is -7.92. The molecule has 0 unspecified atom stereocenters. The van der Waals surface area contributed by atoms with Crippen molar-refractivity contribution in [1.82, 2.24) is 0 Å². The van der Waals surface area contributed by atoms with Crippen LogP contribution in [0, 0.1) is 39.4 Å². The van der Waals surface area contributed by atoms with E-state index in [9.17, 15) is 45.3 Å². The number of hydrogen-bond acceptors (Lipinski definition) is 13. The number of ether oxygens (including phenoxy) is 4. The molecule has 5 fully saturated rings. The van der Waals surface area contributed by atoms with Gasteiger partial charge < -0.3 is 54.7 Å². The summed E-state index contributed by atoms with van der Waals surface area (Å²) >= 11 is 0. The smallest absolute Gasteiger partial charge is 0.187 e. The standard InChI is InChI=1S/C42H66O13/c1-20(2)11-10-15-41(8,51)26-14-16-39(6)27-13-12-22-23(42(27,9)28(44)18-40(26,39)7)17-24(35(50)38(22,4)5)53-37-34(32(48)30(46)25(19-43)54-37)55-36-33(49)31(47)29(45)21(3)52-36/h11-12,21,23-27,29-34,36-37,43,45-49,51H,10,13-19H2,1-9H3/t21-,23-,24+,25-,26+,27+,29-,30-,31+,32+,33-,34-,36-,37-,39+,40-,41+,42+/m1/s1. The van der Waals surface area contributed by atoms with Crippen molar-refractivity contribution in [3.63, 3.8) is 0 Å². The number of aliphatic hydroxyl groups excluding tert-OH is 6. The summed E-state index contributed by atoms with van der Waals surface area (Å²) in [4.78, 5) is 29.4. The monoisotopic (exact) mass is 778 g/mol. The van der Waals surface area contributed by atoms with Crippen LogP contribution in [0.2, 0.25) is 0 Å². The Hall–Kier alpha value is -1.62. The topological polar surface area (TPSA) is 213 Å². The Morgan fingerprint density at radius 1 is 0.927 bits per heavy atom. The summed E-state index contributed by atoms with van der Waals surface area (Å²) in [7, 11) is 0. The van der Waals surface area contributed by atoms with Gasteiger partial charge in [0.1, 0.15) is 54.6 Å². The molecule has 0 aromatic rings. The minimum atomic E-state index is -1.74. The molecule has 4 aliphatic carbocycles. The van der Waals surface area contributed by atoms with E-state index in [1.807, 2.05) is 27.7 Å². The van der Waals surface area contributed by atoms with Gasteiger partial charge >= 0.3 is 0 Å². The molecule has 6 rings (SSSR count). The SMILES string of the molecule is CC(C)=CCC[C@](C)(O)[C@H]1CC[C@@]2(C)[C@@H]3CC=C4[C@@H](C[C@H](O[C@@H]5O[C@H](CO)[C@@H](O)[C@H](O)[C@H]5O[C@H]5O[C@H](C)[C@@H](O)[C@H](O)[C@H]5O)C(=O)C4(C)C)[C@]3(C)C(=O)C[C@]12C. The normalized spacial score (nSPS) is 49.3. The van der Waals surface area contributed by atoms with Crippen LogP contribution in [-0.2, 0) is 28.5 Å². The summed E-state index contributed by atoms with van der Waals surface area (Å²) in [5, 5.41) is 75.4. The van der Waals surface area contributed by atoms with Crippen molar-refractivity contribution in [3.05, 3.63) is 23.3 Å². The Balaban J connectivity index is 1.30. The molecule has 0 aromatic heterocycles. The van der Waals surface area contributed by atoms with Crippen LogP contribution in [0.4, 0.5) is 0 Å². The molecule has 0 bridgehead atoms. The van der Waals surface area contributed by atoms with Crippen molar-refractivity contribution in [2.24, 2.45) is 39.4 Å². The molecule has 2 aliphatic heterocycles. The zero-order valence-electron chi connectivity index (χ0n) is 34.0. The van der Waals surface area contributed by atoms with E-state index in [0.29, 0.717) is 19.3 Å². The highest BCUT2D eigenvalue weighted by Crippen LogP contribution is 2.74. The number of allylic oxidation sites excluding steroid dienone is 4. The Kier molecular flexibility index (Phi) is 11.6. The van der Waals surface area contributed by atoms with E-state index in [1.165, 1.54) is 12.5 Å². The average Bonchev–Trinajstić information content (AvgIpc) is 3.38. The predicted molar refractivity (Wildman–Crippen MR) is 199 cm³/mol. The van der Waals surface area contributed by atoms with Crippen LogP contribution in [-0.4, -0.2) is 127 Å². The van der Waals surface area contributed by atoms with Gasteiger partial charge in [-0.15, -0.1) is 0 Å². The number of hydrogen-bond donors (Lipinski definition) is 7. The lowest BCUT2D eigenvalue weighted by Crippen LogP contribution is -2.66. The first kappa shape index (κ1) is 43.0. The van der Waals surface area contributed by atoms with E-state index in [-0.39, 0.29) is 41.2 Å². The zero-order chi connectivity index (χ0) is 40.8. The van der Waals surface area contributed by atoms with E-state index in [0.717, 1.165) is 24.8 Å². The van der Waals surface area contributed by atoms with Crippen LogP contribution < -0.4 is 0 Å². The van der Waals surface area contributed by atoms with Crippen molar-refractivity contribution in [3.8, 4) is 0 Å². The highest BCUT2D eigenvalue weighted by atomic mass is 16.8. The first-order chi connectivity index (χ1) is 25.5. The van der Waals surface area contributed by atoms with E-state index in [4.69, 9.17) is 18.9 Å². The van der Waals surface area contributed by atoms with Crippen molar-refractivity contribution in [1.29, 1.82) is 0 Å². The lowest BCUT2D eigenvalue weighted by Gasteiger charge is -2.65. The maximum Gasteiger partial charge on any atom is 0.187 e. The molecule has 0 aromatic carbocycles. The molecule has 2 saturated heterocycles. The summed E-state index contributed by atoms with van der Waals surface area (Å²) in [5.41, 5.74) is -1.52. The average molecular weight is 779 g/mol. The second-order valence-electron chi connectivity index (χ2n) is 19.3. The summed E-state index contributed by atoms with van der Waals surface area (Å²) in [6.45, 7) is 17.0. The second kappa shape index (κ2) is 14.9. The van der Waals surface area contributed by atoms with Gasteiger partial charge in [-0.3, -0.25) is 9.59 Å². The quantitative estimate of drug-likeness (QED) is 0.168. The van der Waals surface area contributed by atoms with E-state index < -0.39 is 96.0 Å². The Morgan fingerprint density at radius 2 is 1.60 bits per heavy atom. The van der Waals surface area contributed by atoms with Crippen LogP contribution in [0.1, 0.15) is 107 Å². The predicted octanol–water partition coefficient (Wildman–Crippen LogP) is 2.48. The van der Waals surface area contributed by atoms with Gasteiger partial charge in [-0.05, 0) is 109 Å². The summed E-state index contributed by atoms with van der Waals surface area (Å²) in [6, 6.07) is 0. The number of carbonyl (C=O) groups is 2. The molecule has 0 spiro atoms. The van der Waals surface area contributed by atoms with Gasteiger partial charge in [0.25, 0.3) is 0 Å². The maximum atomic E-state index is 14.9. The third-order valence-electron chi connectivity index (χ3n) is 15.6. The van der Waals surface area contributed by atoms with Crippen molar-refractivity contribution < 1.29 is 64.3 Å². The van der Waals surface area contributed by atoms with Crippen LogP contribution in [0.25, 0.3) is 0 Å². The van der Waals surface area contributed by atoms with E-state index in [1.54, 1.807) is 0 Å². The molecule has 0 radical (unpaired) electrons. The van der Waals surface area contributed by atoms with E-state index in [2.05, 4.69) is 39.8 Å². The van der Waals surface area contributed by atoms with E-state index >= 15 is 0 Å². The second-order valence-corrected chi connectivity index (χ2v) is 19.3. The summed E-state index contributed by atoms with van der Waals surface area (Å²) in [5.74, 6) is -0.695. The van der Waals surface area contributed by atoms with Gasteiger partial charge in [-0.2, -0.15) is 0 Å².